The van der Waals surface area contributed by atoms with Crippen LogP contribution in [0.5, 0.6) is 0 Å². The highest BCUT2D eigenvalue weighted by atomic mass is 15.2. The maximum Gasteiger partial charge on any atom is 0.136 e. The van der Waals surface area contributed by atoms with Crippen molar-refractivity contribution in [3.05, 3.63) is 36.0 Å². The summed E-state index contributed by atoms with van der Waals surface area (Å²) in [5.74, 6) is 1.14. The zero-order valence-electron chi connectivity index (χ0n) is 10.8. The highest BCUT2D eigenvalue weighted by Gasteiger charge is 2.15. The van der Waals surface area contributed by atoms with Crippen LogP contribution in [0.15, 0.2) is 30.5 Å². The number of nitrogens with zero attached hydrogens (tertiary/aromatic N) is 2. The maximum atomic E-state index is 4.70. The molecular formula is C15H19N3. The largest absolute Gasteiger partial charge is 0.354 e. The summed E-state index contributed by atoms with van der Waals surface area (Å²) in [6.07, 6.45) is 3.08. The number of aromatic nitrogens is 1. The van der Waals surface area contributed by atoms with Gasteiger partial charge in [0.25, 0.3) is 0 Å². The van der Waals surface area contributed by atoms with Crippen LogP contribution in [0.3, 0.4) is 0 Å². The van der Waals surface area contributed by atoms with E-state index in [9.17, 15) is 0 Å². The van der Waals surface area contributed by atoms with E-state index in [0.29, 0.717) is 0 Å². The van der Waals surface area contributed by atoms with Gasteiger partial charge < -0.3 is 10.2 Å². The first-order chi connectivity index (χ1) is 8.90. The third kappa shape index (κ3) is 1.95. The Labute approximate surface area is 108 Å². The van der Waals surface area contributed by atoms with Gasteiger partial charge in [0.05, 0.1) is 0 Å². The van der Waals surface area contributed by atoms with Gasteiger partial charge >= 0.3 is 0 Å². The van der Waals surface area contributed by atoms with Gasteiger partial charge in [-0.1, -0.05) is 31.2 Å². The molecule has 1 aliphatic heterocycles. The topological polar surface area (TPSA) is 28.2 Å². The molecule has 1 saturated heterocycles. The molecule has 0 radical (unpaired) electrons. The Bertz CT molecular complexity index is 544. The molecule has 0 amide bonds. The summed E-state index contributed by atoms with van der Waals surface area (Å²) in [6, 6.07) is 8.62. The average molecular weight is 241 g/mol. The minimum absolute atomic E-state index is 1.04. The van der Waals surface area contributed by atoms with Gasteiger partial charge in [-0.2, -0.15) is 0 Å². The van der Waals surface area contributed by atoms with Crippen LogP contribution in [0, 0.1) is 0 Å². The first-order valence-corrected chi connectivity index (χ1v) is 6.72. The van der Waals surface area contributed by atoms with Crippen LogP contribution in [-0.4, -0.2) is 31.2 Å². The van der Waals surface area contributed by atoms with Crippen LogP contribution in [0.25, 0.3) is 10.8 Å². The summed E-state index contributed by atoms with van der Waals surface area (Å²) in [5, 5.41) is 6.03. The van der Waals surface area contributed by atoms with E-state index in [0.717, 1.165) is 38.4 Å². The van der Waals surface area contributed by atoms with Gasteiger partial charge in [0.1, 0.15) is 5.82 Å². The average Bonchev–Trinajstić information content (AvgIpc) is 2.47. The number of piperazine rings is 1. The van der Waals surface area contributed by atoms with Gasteiger partial charge in [0, 0.05) is 37.8 Å². The van der Waals surface area contributed by atoms with Crippen LogP contribution in [0.4, 0.5) is 5.82 Å². The van der Waals surface area contributed by atoms with Gasteiger partial charge in [0.15, 0.2) is 0 Å². The van der Waals surface area contributed by atoms with E-state index in [-0.39, 0.29) is 0 Å². The van der Waals surface area contributed by atoms with Crippen molar-refractivity contribution in [1.29, 1.82) is 0 Å². The second-order valence-electron chi connectivity index (χ2n) is 4.74. The lowest BCUT2D eigenvalue weighted by molar-refractivity contribution is 0.586. The van der Waals surface area contributed by atoms with E-state index < -0.39 is 0 Å². The Morgan fingerprint density at radius 1 is 1.17 bits per heavy atom. The molecule has 1 aliphatic rings. The molecule has 3 heteroatoms. The predicted octanol–water partition coefficient (Wildman–Crippen LogP) is 2.21. The van der Waals surface area contributed by atoms with Crippen molar-refractivity contribution in [1.82, 2.24) is 10.3 Å². The molecule has 0 spiro atoms. The van der Waals surface area contributed by atoms with Crippen molar-refractivity contribution < 1.29 is 0 Å². The molecule has 18 heavy (non-hydrogen) atoms. The fraction of sp³-hybridized carbons (Fsp3) is 0.400. The van der Waals surface area contributed by atoms with Crippen molar-refractivity contribution in [2.24, 2.45) is 0 Å². The van der Waals surface area contributed by atoms with E-state index in [1.165, 1.54) is 16.3 Å². The van der Waals surface area contributed by atoms with E-state index >= 15 is 0 Å². The fourth-order valence-corrected chi connectivity index (χ4v) is 2.65. The lowest BCUT2D eigenvalue weighted by Gasteiger charge is -2.29. The molecule has 2 heterocycles. The summed E-state index contributed by atoms with van der Waals surface area (Å²) in [7, 11) is 0. The number of fused-ring (bicyclic) bond motifs is 1. The molecule has 0 saturated carbocycles. The summed E-state index contributed by atoms with van der Waals surface area (Å²) >= 11 is 0. The Morgan fingerprint density at radius 2 is 1.89 bits per heavy atom. The SMILES string of the molecule is CCc1cnc(N2CCNCC2)c2ccccc12. The van der Waals surface area contributed by atoms with Gasteiger partial charge in [-0.15, -0.1) is 0 Å². The number of pyridine rings is 1. The van der Waals surface area contributed by atoms with Gasteiger partial charge in [-0.3, -0.25) is 0 Å². The first kappa shape index (κ1) is 11.5. The van der Waals surface area contributed by atoms with Crippen molar-refractivity contribution in [3.63, 3.8) is 0 Å². The van der Waals surface area contributed by atoms with Crippen LogP contribution in [0.2, 0.25) is 0 Å². The normalized spacial score (nSPS) is 16.2. The summed E-state index contributed by atoms with van der Waals surface area (Å²) in [5.41, 5.74) is 1.34. The molecule has 3 rings (SSSR count). The Balaban J connectivity index is 2.12. The second kappa shape index (κ2) is 4.94. The number of nitrogens with one attached hydrogen (secondary N) is 1. The van der Waals surface area contributed by atoms with Crippen LogP contribution < -0.4 is 10.2 Å². The standard InChI is InChI=1S/C15H19N3/c1-2-12-11-17-15(18-9-7-16-8-10-18)14-6-4-3-5-13(12)14/h3-6,11,16H,2,7-10H2,1H3. The summed E-state index contributed by atoms with van der Waals surface area (Å²) < 4.78 is 0. The third-order valence-electron chi connectivity index (χ3n) is 3.65. The van der Waals surface area contributed by atoms with Crippen LogP contribution in [-0.2, 0) is 6.42 Å². The minimum Gasteiger partial charge on any atom is -0.354 e. The lowest BCUT2D eigenvalue weighted by Crippen LogP contribution is -2.44. The van der Waals surface area contributed by atoms with E-state index in [1.54, 1.807) is 0 Å². The third-order valence-corrected chi connectivity index (χ3v) is 3.65. The number of benzene rings is 1. The molecule has 2 aromatic rings. The van der Waals surface area contributed by atoms with Gasteiger partial charge in [-0.05, 0) is 17.4 Å². The van der Waals surface area contributed by atoms with Crippen molar-refractivity contribution in [3.8, 4) is 0 Å². The molecule has 94 valence electrons. The smallest absolute Gasteiger partial charge is 0.136 e. The summed E-state index contributed by atoms with van der Waals surface area (Å²) in [6.45, 7) is 6.37. The van der Waals surface area contributed by atoms with Crippen molar-refractivity contribution in [2.75, 3.05) is 31.1 Å². The number of hydrogen-bond donors (Lipinski definition) is 1. The first-order valence-electron chi connectivity index (χ1n) is 6.72. The Hall–Kier alpha value is -1.61. The molecule has 1 aromatic carbocycles. The van der Waals surface area contributed by atoms with E-state index in [4.69, 9.17) is 4.98 Å². The molecule has 3 nitrogen and oxygen atoms in total. The zero-order valence-corrected chi connectivity index (χ0v) is 10.8. The fourth-order valence-electron chi connectivity index (χ4n) is 2.65. The highest BCUT2D eigenvalue weighted by molar-refractivity contribution is 5.94. The second-order valence-corrected chi connectivity index (χ2v) is 4.74. The monoisotopic (exact) mass is 241 g/mol. The van der Waals surface area contributed by atoms with E-state index in [1.807, 2.05) is 6.20 Å². The zero-order chi connectivity index (χ0) is 12.4. The molecule has 1 fully saturated rings. The lowest BCUT2D eigenvalue weighted by atomic mass is 10.0. The van der Waals surface area contributed by atoms with Crippen LogP contribution in [0.1, 0.15) is 12.5 Å². The number of rotatable bonds is 2. The molecule has 0 aliphatic carbocycles. The van der Waals surface area contributed by atoms with Crippen LogP contribution >= 0.6 is 0 Å². The molecule has 1 N–H and O–H groups in total. The van der Waals surface area contributed by atoms with Crippen molar-refractivity contribution in [2.45, 2.75) is 13.3 Å². The molecule has 0 bridgehead atoms. The predicted molar refractivity (Wildman–Crippen MR) is 76.2 cm³/mol. The number of aryl methyl sites for hydroxylation is 1. The number of hydrogen-bond acceptors (Lipinski definition) is 3. The quantitative estimate of drug-likeness (QED) is 0.873. The van der Waals surface area contributed by atoms with Gasteiger partial charge in [-0.25, -0.2) is 4.98 Å². The Kier molecular flexibility index (Phi) is 3.15. The van der Waals surface area contributed by atoms with E-state index in [2.05, 4.69) is 41.4 Å². The maximum absolute atomic E-state index is 4.70. The molecular weight excluding hydrogens is 222 g/mol. The highest BCUT2D eigenvalue weighted by Crippen LogP contribution is 2.27. The number of anilines is 1. The van der Waals surface area contributed by atoms with Gasteiger partial charge in [0.2, 0.25) is 0 Å². The Morgan fingerprint density at radius 3 is 2.61 bits per heavy atom. The molecule has 0 atom stereocenters. The van der Waals surface area contributed by atoms with Crippen molar-refractivity contribution >= 4 is 16.6 Å². The summed E-state index contributed by atoms with van der Waals surface area (Å²) in [4.78, 5) is 7.09. The molecule has 0 unspecified atom stereocenters. The molecule has 1 aromatic heterocycles. The minimum atomic E-state index is 1.04.